The molecule has 0 aliphatic heterocycles. The normalized spacial score (nSPS) is 12.1. The zero-order chi connectivity index (χ0) is 20.4. The third kappa shape index (κ3) is 3.85. The minimum absolute atomic E-state index is 0.0666. The van der Waals surface area contributed by atoms with Gasteiger partial charge in [-0.15, -0.1) is 5.11 Å². The summed E-state index contributed by atoms with van der Waals surface area (Å²) in [6.07, 6.45) is -4.42. The maximum Gasteiger partial charge on any atom is 0.416 e. The van der Waals surface area contributed by atoms with Crippen molar-refractivity contribution in [2.75, 3.05) is 0 Å². The fourth-order valence-electron chi connectivity index (χ4n) is 3.16. The van der Waals surface area contributed by atoms with Gasteiger partial charge in [0.2, 0.25) is 5.88 Å². The molecule has 0 fully saturated rings. The highest BCUT2D eigenvalue weighted by Crippen LogP contribution is 2.40. The average Bonchev–Trinajstić information content (AvgIpc) is 2.98. The quantitative estimate of drug-likeness (QED) is 0.378. The second kappa shape index (κ2) is 7.43. The second-order valence-corrected chi connectivity index (χ2v) is 6.51. The highest BCUT2D eigenvalue weighted by Gasteiger charge is 2.30. The zero-order valence-electron chi connectivity index (χ0n) is 15.1. The molecule has 0 spiro atoms. The molecule has 0 aliphatic carbocycles. The van der Waals surface area contributed by atoms with E-state index < -0.39 is 11.7 Å². The first-order valence-corrected chi connectivity index (χ1v) is 8.86. The third-order valence-corrected chi connectivity index (χ3v) is 4.53. The van der Waals surface area contributed by atoms with Crippen molar-refractivity contribution in [3.63, 3.8) is 0 Å². The van der Waals surface area contributed by atoms with Gasteiger partial charge in [-0.2, -0.15) is 18.3 Å². The first kappa shape index (κ1) is 18.7. The number of para-hydroxylation sites is 1. The first-order chi connectivity index (χ1) is 13.9. The van der Waals surface area contributed by atoms with Crippen molar-refractivity contribution in [1.82, 2.24) is 4.57 Å². The summed E-state index contributed by atoms with van der Waals surface area (Å²) in [7, 11) is 0. The summed E-state index contributed by atoms with van der Waals surface area (Å²) in [4.78, 5) is 0. The van der Waals surface area contributed by atoms with Gasteiger partial charge in [0.1, 0.15) is 0 Å². The number of rotatable bonds is 4. The van der Waals surface area contributed by atoms with Gasteiger partial charge in [0.25, 0.3) is 0 Å². The van der Waals surface area contributed by atoms with E-state index in [1.165, 1.54) is 10.6 Å². The van der Waals surface area contributed by atoms with Gasteiger partial charge in [0.15, 0.2) is 5.69 Å². The van der Waals surface area contributed by atoms with Crippen LogP contribution in [-0.4, -0.2) is 9.67 Å². The molecule has 29 heavy (non-hydrogen) atoms. The highest BCUT2D eigenvalue weighted by molar-refractivity contribution is 5.95. The van der Waals surface area contributed by atoms with Crippen LogP contribution in [0, 0.1) is 0 Å². The topological polar surface area (TPSA) is 49.9 Å². The molecule has 0 aliphatic rings. The number of hydrogen-bond donors (Lipinski definition) is 1. The predicted molar refractivity (Wildman–Crippen MR) is 105 cm³/mol. The lowest BCUT2D eigenvalue weighted by atomic mass is 10.1. The molecule has 0 saturated heterocycles. The molecule has 7 heteroatoms. The lowest BCUT2D eigenvalue weighted by Gasteiger charge is -2.11. The Labute approximate surface area is 164 Å². The number of halogens is 3. The van der Waals surface area contributed by atoms with E-state index in [1.807, 2.05) is 18.2 Å². The summed E-state index contributed by atoms with van der Waals surface area (Å²) >= 11 is 0. The summed E-state index contributed by atoms with van der Waals surface area (Å²) in [6, 6.07) is 21.3. The number of fused-ring (bicyclic) bond motifs is 1. The van der Waals surface area contributed by atoms with Gasteiger partial charge < -0.3 is 9.67 Å². The number of aromatic hydroxyl groups is 1. The Hall–Kier alpha value is -3.61. The van der Waals surface area contributed by atoms with Crippen LogP contribution in [0.25, 0.3) is 10.9 Å². The van der Waals surface area contributed by atoms with Crippen LogP contribution in [0.5, 0.6) is 5.88 Å². The molecule has 4 aromatic rings. The Morgan fingerprint density at radius 1 is 0.828 bits per heavy atom. The average molecular weight is 395 g/mol. The zero-order valence-corrected chi connectivity index (χ0v) is 15.1. The SMILES string of the molecule is Oc1c(N=Nc2ccccc2)c2ccccc2n1Cc1cccc(C(F)(F)F)c1. The van der Waals surface area contributed by atoms with Crippen LogP contribution in [0.4, 0.5) is 24.5 Å². The van der Waals surface area contributed by atoms with Crippen LogP contribution < -0.4 is 0 Å². The smallest absolute Gasteiger partial charge is 0.416 e. The maximum atomic E-state index is 13.0. The van der Waals surface area contributed by atoms with Gasteiger partial charge in [0.05, 0.1) is 23.3 Å². The van der Waals surface area contributed by atoms with Crippen molar-refractivity contribution in [1.29, 1.82) is 0 Å². The maximum absolute atomic E-state index is 13.0. The van der Waals surface area contributed by atoms with Crippen LogP contribution in [0.2, 0.25) is 0 Å². The summed E-state index contributed by atoms with van der Waals surface area (Å²) in [6.45, 7) is 0.0666. The molecule has 0 bridgehead atoms. The fourth-order valence-corrected chi connectivity index (χ4v) is 3.16. The van der Waals surface area contributed by atoms with E-state index in [1.54, 1.807) is 42.5 Å². The van der Waals surface area contributed by atoms with Gasteiger partial charge in [-0.3, -0.25) is 0 Å². The molecule has 0 radical (unpaired) electrons. The highest BCUT2D eigenvalue weighted by atomic mass is 19.4. The number of nitrogens with zero attached hydrogens (tertiary/aromatic N) is 3. The number of azo groups is 1. The van der Waals surface area contributed by atoms with E-state index in [-0.39, 0.29) is 18.1 Å². The Kier molecular flexibility index (Phi) is 4.80. The van der Waals surface area contributed by atoms with Gasteiger partial charge in [-0.05, 0) is 35.9 Å². The molecule has 1 heterocycles. The minimum Gasteiger partial charge on any atom is -0.493 e. The van der Waals surface area contributed by atoms with Crippen LogP contribution in [0.1, 0.15) is 11.1 Å². The molecular weight excluding hydrogens is 379 g/mol. The standard InChI is InChI=1S/C22H16F3N3O/c23-22(24,25)16-8-6-7-15(13-16)14-28-19-12-5-4-11-18(19)20(21(28)29)27-26-17-9-2-1-3-10-17/h1-13,29H,14H2. The van der Waals surface area contributed by atoms with E-state index in [2.05, 4.69) is 10.2 Å². The second-order valence-electron chi connectivity index (χ2n) is 6.51. The number of benzene rings is 3. The molecule has 0 saturated carbocycles. The summed E-state index contributed by atoms with van der Waals surface area (Å²) < 4.78 is 40.6. The Morgan fingerprint density at radius 2 is 1.55 bits per heavy atom. The van der Waals surface area contributed by atoms with Crippen molar-refractivity contribution in [3.8, 4) is 5.88 Å². The lowest BCUT2D eigenvalue weighted by Crippen LogP contribution is -2.06. The van der Waals surface area contributed by atoms with E-state index in [0.717, 1.165) is 12.1 Å². The van der Waals surface area contributed by atoms with Crippen molar-refractivity contribution >= 4 is 22.3 Å². The molecule has 0 unspecified atom stereocenters. The minimum atomic E-state index is -4.42. The monoisotopic (exact) mass is 395 g/mol. The van der Waals surface area contributed by atoms with E-state index >= 15 is 0 Å². The molecule has 4 rings (SSSR count). The van der Waals surface area contributed by atoms with Gasteiger partial charge in [-0.1, -0.05) is 48.5 Å². The van der Waals surface area contributed by atoms with Gasteiger partial charge in [0, 0.05) is 5.39 Å². The summed E-state index contributed by atoms with van der Waals surface area (Å²) in [5.74, 6) is -0.150. The number of alkyl halides is 3. The number of hydrogen-bond acceptors (Lipinski definition) is 3. The Bertz CT molecular complexity index is 1180. The molecule has 1 N–H and O–H groups in total. The first-order valence-electron chi connectivity index (χ1n) is 8.86. The molecule has 0 atom stereocenters. The third-order valence-electron chi connectivity index (χ3n) is 4.53. The van der Waals surface area contributed by atoms with Gasteiger partial charge >= 0.3 is 6.18 Å². The largest absolute Gasteiger partial charge is 0.493 e. The summed E-state index contributed by atoms with van der Waals surface area (Å²) in [5, 5.41) is 19.8. The molecule has 3 aromatic carbocycles. The van der Waals surface area contributed by atoms with Crippen LogP contribution in [0.15, 0.2) is 89.1 Å². The van der Waals surface area contributed by atoms with E-state index in [0.29, 0.717) is 22.2 Å². The van der Waals surface area contributed by atoms with Crippen molar-refractivity contribution in [2.24, 2.45) is 10.2 Å². The van der Waals surface area contributed by atoms with E-state index in [4.69, 9.17) is 0 Å². The van der Waals surface area contributed by atoms with Crippen molar-refractivity contribution < 1.29 is 18.3 Å². The predicted octanol–water partition coefficient (Wildman–Crippen LogP) is 6.83. The lowest BCUT2D eigenvalue weighted by molar-refractivity contribution is -0.137. The summed E-state index contributed by atoms with van der Waals surface area (Å²) in [5.41, 5.74) is 1.25. The Balaban J connectivity index is 1.76. The fraction of sp³-hybridized carbons (Fsp3) is 0.0909. The molecule has 1 aromatic heterocycles. The van der Waals surface area contributed by atoms with Crippen LogP contribution in [-0.2, 0) is 12.7 Å². The molecular formula is C22H16F3N3O. The van der Waals surface area contributed by atoms with Crippen molar-refractivity contribution in [3.05, 3.63) is 90.0 Å². The molecule has 0 amide bonds. The molecule has 146 valence electrons. The number of aromatic nitrogens is 1. The Morgan fingerprint density at radius 3 is 2.31 bits per heavy atom. The van der Waals surface area contributed by atoms with Crippen molar-refractivity contribution in [2.45, 2.75) is 12.7 Å². The van der Waals surface area contributed by atoms with Gasteiger partial charge in [-0.25, -0.2) is 0 Å². The van der Waals surface area contributed by atoms with Crippen LogP contribution >= 0.6 is 0 Å². The van der Waals surface area contributed by atoms with E-state index in [9.17, 15) is 18.3 Å². The molecule has 4 nitrogen and oxygen atoms in total. The van der Waals surface area contributed by atoms with Crippen LogP contribution in [0.3, 0.4) is 0 Å².